The Labute approximate surface area is 123 Å². The topological polar surface area (TPSA) is 75.4 Å². The fourth-order valence-electron chi connectivity index (χ4n) is 2.58. The van der Waals surface area contributed by atoms with Gasteiger partial charge in [0.1, 0.15) is 0 Å². The van der Waals surface area contributed by atoms with Crippen LogP contribution in [-0.4, -0.2) is 42.4 Å². The van der Waals surface area contributed by atoms with E-state index in [0.29, 0.717) is 30.3 Å². The lowest BCUT2D eigenvalue weighted by Gasteiger charge is -2.21. The van der Waals surface area contributed by atoms with Gasteiger partial charge in [-0.25, -0.2) is 0 Å². The lowest BCUT2D eigenvalue weighted by Crippen LogP contribution is -2.37. The van der Waals surface area contributed by atoms with Crippen molar-refractivity contribution in [3.8, 4) is 0 Å². The molecule has 110 valence electrons. The van der Waals surface area contributed by atoms with Gasteiger partial charge in [-0.05, 0) is 37.3 Å². The zero-order chi connectivity index (χ0) is 14.5. The van der Waals surface area contributed by atoms with Crippen molar-refractivity contribution in [2.24, 2.45) is 11.7 Å². The van der Waals surface area contributed by atoms with Gasteiger partial charge in [-0.1, -0.05) is 6.07 Å². The molecular weight excluding hydrogens is 274 g/mol. The fourth-order valence-corrected chi connectivity index (χ4v) is 3.22. The number of nitrogens with zero attached hydrogens (tertiary/aromatic N) is 1. The van der Waals surface area contributed by atoms with Gasteiger partial charge in [-0.3, -0.25) is 9.59 Å². The van der Waals surface area contributed by atoms with E-state index in [1.165, 1.54) is 11.3 Å². The average molecular weight is 295 g/mol. The Hall–Kier alpha value is -1.40. The van der Waals surface area contributed by atoms with Crippen LogP contribution in [0.25, 0.3) is 0 Å². The highest BCUT2D eigenvalue weighted by molar-refractivity contribution is 7.12. The minimum absolute atomic E-state index is 0.0972. The molecule has 20 heavy (non-hydrogen) atoms. The lowest BCUT2D eigenvalue weighted by atomic mass is 10.1. The summed E-state index contributed by atoms with van der Waals surface area (Å²) in [6, 6.07) is 3.86. The first-order chi connectivity index (χ1) is 9.61. The van der Waals surface area contributed by atoms with Crippen LogP contribution < -0.4 is 11.1 Å². The summed E-state index contributed by atoms with van der Waals surface area (Å²) in [4.78, 5) is 26.4. The van der Waals surface area contributed by atoms with Gasteiger partial charge in [-0.15, -0.1) is 11.3 Å². The van der Waals surface area contributed by atoms with Crippen molar-refractivity contribution >= 4 is 23.2 Å². The van der Waals surface area contributed by atoms with E-state index in [0.717, 1.165) is 13.0 Å². The number of amides is 2. The van der Waals surface area contributed by atoms with Gasteiger partial charge < -0.3 is 16.0 Å². The van der Waals surface area contributed by atoms with Gasteiger partial charge in [-0.2, -0.15) is 0 Å². The van der Waals surface area contributed by atoms with Gasteiger partial charge in [0, 0.05) is 25.6 Å². The summed E-state index contributed by atoms with van der Waals surface area (Å²) >= 11 is 1.40. The zero-order valence-electron chi connectivity index (χ0n) is 11.7. The highest BCUT2D eigenvalue weighted by Crippen LogP contribution is 2.22. The number of hydrogen-bond acceptors (Lipinski definition) is 4. The highest BCUT2D eigenvalue weighted by Gasteiger charge is 2.31. The Morgan fingerprint density at radius 3 is 2.95 bits per heavy atom. The SMILES string of the molecule is CC1CC(CN)CN1C(=O)CCNC(=O)c1cccs1. The molecule has 1 fully saturated rings. The van der Waals surface area contributed by atoms with E-state index in [9.17, 15) is 9.59 Å². The third-order valence-electron chi connectivity index (χ3n) is 3.68. The normalized spacial score (nSPS) is 22.0. The van der Waals surface area contributed by atoms with Crippen molar-refractivity contribution in [2.45, 2.75) is 25.8 Å². The first-order valence-electron chi connectivity index (χ1n) is 6.93. The minimum Gasteiger partial charge on any atom is -0.351 e. The van der Waals surface area contributed by atoms with Crippen LogP contribution in [0.1, 0.15) is 29.4 Å². The molecule has 1 aliphatic rings. The quantitative estimate of drug-likeness (QED) is 0.853. The van der Waals surface area contributed by atoms with E-state index < -0.39 is 0 Å². The monoisotopic (exact) mass is 295 g/mol. The van der Waals surface area contributed by atoms with Gasteiger partial charge in [0.15, 0.2) is 0 Å². The molecule has 0 aliphatic carbocycles. The van der Waals surface area contributed by atoms with Crippen LogP contribution in [0, 0.1) is 5.92 Å². The molecule has 2 heterocycles. The smallest absolute Gasteiger partial charge is 0.261 e. The number of rotatable bonds is 5. The lowest BCUT2D eigenvalue weighted by molar-refractivity contribution is -0.131. The Morgan fingerprint density at radius 1 is 1.55 bits per heavy atom. The van der Waals surface area contributed by atoms with E-state index in [1.54, 1.807) is 6.07 Å². The van der Waals surface area contributed by atoms with Crippen molar-refractivity contribution in [3.63, 3.8) is 0 Å². The minimum atomic E-state index is -0.109. The molecule has 0 saturated carbocycles. The third-order valence-corrected chi connectivity index (χ3v) is 4.55. The second-order valence-electron chi connectivity index (χ2n) is 5.22. The largest absolute Gasteiger partial charge is 0.351 e. The Bertz CT molecular complexity index is 461. The molecule has 0 radical (unpaired) electrons. The first-order valence-corrected chi connectivity index (χ1v) is 7.81. The number of carbonyl (C=O) groups excluding carboxylic acids is 2. The number of thiophene rings is 1. The summed E-state index contributed by atoms with van der Waals surface area (Å²) in [5, 5.41) is 4.64. The van der Waals surface area contributed by atoms with Crippen LogP contribution in [0.4, 0.5) is 0 Å². The van der Waals surface area contributed by atoms with E-state index in [-0.39, 0.29) is 17.9 Å². The summed E-state index contributed by atoms with van der Waals surface area (Å²) in [5.74, 6) is 0.400. The van der Waals surface area contributed by atoms with Crippen molar-refractivity contribution < 1.29 is 9.59 Å². The molecule has 5 nitrogen and oxygen atoms in total. The molecule has 0 bridgehead atoms. The van der Waals surface area contributed by atoms with Crippen LogP contribution in [0.3, 0.4) is 0 Å². The zero-order valence-corrected chi connectivity index (χ0v) is 12.5. The van der Waals surface area contributed by atoms with E-state index in [4.69, 9.17) is 5.73 Å². The molecule has 6 heteroatoms. The molecular formula is C14H21N3O2S. The van der Waals surface area contributed by atoms with Crippen LogP contribution >= 0.6 is 11.3 Å². The van der Waals surface area contributed by atoms with Gasteiger partial charge in [0.2, 0.25) is 5.91 Å². The number of carbonyl (C=O) groups is 2. The van der Waals surface area contributed by atoms with Gasteiger partial charge in [0.05, 0.1) is 4.88 Å². The van der Waals surface area contributed by atoms with Crippen LogP contribution in [-0.2, 0) is 4.79 Å². The number of likely N-dealkylation sites (tertiary alicyclic amines) is 1. The van der Waals surface area contributed by atoms with Crippen molar-refractivity contribution in [2.75, 3.05) is 19.6 Å². The maximum absolute atomic E-state index is 12.1. The predicted octanol–water partition coefficient (Wildman–Crippen LogP) is 1.06. The highest BCUT2D eigenvalue weighted by atomic mass is 32.1. The van der Waals surface area contributed by atoms with Crippen LogP contribution in [0.15, 0.2) is 17.5 Å². The first kappa shape index (κ1) is 15.0. The summed E-state index contributed by atoms with van der Waals surface area (Å²) in [6.45, 7) is 3.81. The molecule has 0 spiro atoms. The molecule has 2 atom stereocenters. The predicted molar refractivity (Wildman–Crippen MR) is 79.6 cm³/mol. The molecule has 2 unspecified atom stereocenters. The van der Waals surface area contributed by atoms with Crippen LogP contribution in [0.2, 0.25) is 0 Å². The number of nitrogens with two attached hydrogens (primary N) is 1. The average Bonchev–Trinajstić information content (AvgIpc) is 3.07. The number of nitrogens with one attached hydrogen (secondary N) is 1. The van der Waals surface area contributed by atoms with Crippen molar-refractivity contribution in [1.29, 1.82) is 0 Å². The van der Waals surface area contributed by atoms with Gasteiger partial charge in [0.25, 0.3) is 5.91 Å². The Kier molecular flexibility index (Phi) is 5.14. The van der Waals surface area contributed by atoms with E-state index in [2.05, 4.69) is 12.2 Å². The molecule has 1 aliphatic heterocycles. The molecule has 2 rings (SSSR count). The summed E-state index contributed by atoms with van der Waals surface area (Å²) in [6.07, 6.45) is 1.32. The van der Waals surface area contributed by atoms with Crippen molar-refractivity contribution in [1.82, 2.24) is 10.2 Å². The van der Waals surface area contributed by atoms with Gasteiger partial charge >= 0.3 is 0 Å². The molecule has 0 aromatic carbocycles. The maximum atomic E-state index is 12.1. The second kappa shape index (κ2) is 6.85. The molecule has 1 aromatic heterocycles. The number of hydrogen-bond donors (Lipinski definition) is 2. The third kappa shape index (κ3) is 3.58. The molecule has 3 N–H and O–H groups in total. The molecule has 1 aromatic rings. The Balaban J connectivity index is 1.74. The van der Waals surface area contributed by atoms with E-state index >= 15 is 0 Å². The fraction of sp³-hybridized carbons (Fsp3) is 0.571. The summed E-state index contributed by atoms with van der Waals surface area (Å²) < 4.78 is 0. The molecule has 2 amide bonds. The second-order valence-corrected chi connectivity index (χ2v) is 6.16. The standard InChI is InChI=1S/C14H21N3O2S/c1-10-7-11(8-15)9-17(10)13(18)4-5-16-14(19)12-3-2-6-20-12/h2-3,6,10-11H,4-5,7-9,15H2,1H3,(H,16,19). The maximum Gasteiger partial charge on any atom is 0.261 e. The Morgan fingerprint density at radius 2 is 2.35 bits per heavy atom. The summed E-state index contributed by atoms with van der Waals surface area (Å²) in [5.41, 5.74) is 5.66. The van der Waals surface area contributed by atoms with E-state index in [1.807, 2.05) is 16.3 Å². The molecule has 1 saturated heterocycles. The summed E-state index contributed by atoms with van der Waals surface area (Å²) in [7, 11) is 0. The van der Waals surface area contributed by atoms with Crippen LogP contribution in [0.5, 0.6) is 0 Å². The van der Waals surface area contributed by atoms with Crippen molar-refractivity contribution in [3.05, 3.63) is 22.4 Å².